The number of pyridine rings is 1. The molecular weight excluding hydrogens is 256 g/mol. The zero-order valence-corrected chi connectivity index (χ0v) is 13.0. The van der Waals surface area contributed by atoms with E-state index in [1.54, 1.807) is 0 Å². The molecule has 0 aliphatic heterocycles. The molecule has 2 nitrogen and oxygen atoms in total. The molecule has 2 unspecified atom stereocenters. The maximum atomic E-state index is 5.93. The second-order valence-corrected chi connectivity index (χ2v) is 7.15. The van der Waals surface area contributed by atoms with Gasteiger partial charge in [-0.2, -0.15) is 0 Å². The van der Waals surface area contributed by atoms with Crippen LogP contribution in [0.15, 0.2) is 18.2 Å². The molecule has 1 aliphatic carbocycles. The van der Waals surface area contributed by atoms with Crippen LogP contribution in [0, 0.1) is 11.3 Å². The Bertz CT molecular complexity index is 411. The minimum Gasteiger partial charge on any atom is -0.367 e. The Kier molecular flexibility index (Phi) is 4.72. The summed E-state index contributed by atoms with van der Waals surface area (Å²) in [5, 5.41) is 4.10. The van der Waals surface area contributed by atoms with Crippen molar-refractivity contribution in [2.45, 2.75) is 58.9 Å². The van der Waals surface area contributed by atoms with E-state index in [-0.39, 0.29) is 0 Å². The highest BCUT2D eigenvalue weighted by molar-refractivity contribution is 6.29. The SMILES string of the molecule is CC(C)(C)C1CCCC(Nc2cccc(Cl)n2)CC1. The summed E-state index contributed by atoms with van der Waals surface area (Å²) in [4.78, 5) is 4.32. The van der Waals surface area contributed by atoms with Gasteiger partial charge in [-0.25, -0.2) is 4.98 Å². The van der Waals surface area contributed by atoms with Gasteiger partial charge >= 0.3 is 0 Å². The lowest BCUT2D eigenvalue weighted by atomic mass is 9.76. The molecule has 0 radical (unpaired) electrons. The van der Waals surface area contributed by atoms with Crippen molar-refractivity contribution in [3.63, 3.8) is 0 Å². The molecule has 1 saturated carbocycles. The van der Waals surface area contributed by atoms with Crippen LogP contribution < -0.4 is 5.32 Å². The Labute approximate surface area is 122 Å². The molecule has 0 aromatic carbocycles. The first kappa shape index (κ1) is 14.6. The number of nitrogens with one attached hydrogen (secondary N) is 1. The molecule has 106 valence electrons. The maximum Gasteiger partial charge on any atom is 0.131 e. The van der Waals surface area contributed by atoms with Crippen molar-refractivity contribution < 1.29 is 0 Å². The first-order valence-corrected chi connectivity index (χ1v) is 7.72. The third-order valence-corrected chi connectivity index (χ3v) is 4.47. The van der Waals surface area contributed by atoms with Crippen LogP contribution in [0.25, 0.3) is 0 Å². The van der Waals surface area contributed by atoms with Gasteiger partial charge in [0.1, 0.15) is 11.0 Å². The summed E-state index contributed by atoms with van der Waals surface area (Å²) in [5.74, 6) is 1.75. The highest BCUT2D eigenvalue weighted by atomic mass is 35.5. The Hall–Kier alpha value is -0.760. The van der Waals surface area contributed by atoms with Gasteiger partial charge in [0.15, 0.2) is 0 Å². The van der Waals surface area contributed by atoms with Gasteiger partial charge in [0.25, 0.3) is 0 Å². The van der Waals surface area contributed by atoms with Crippen LogP contribution in [0.1, 0.15) is 52.9 Å². The van der Waals surface area contributed by atoms with Gasteiger partial charge in [-0.1, -0.05) is 44.9 Å². The fourth-order valence-electron chi connectivity index (χ4n) is 3.01. The first-order valence-electron chi connectivity index (χ1n) is 7.34. The monoisotopic (exact) mass is 280 g/mol. The third-order valence-electron chi connectivity index (χ3n) is 4.26. The summed E-state index contributed by atoms with van der Waals surface area (Å²) in [6.45, 7) is 7.10. The average molecular weight is 281 g/mol. The fraction of sp³-hybridized carbons (Fsp3) is 0.688. The zero-order chi connectivity index (χ0) is 13.9. The van der Waals surface area contributed by atoms with E-state index in [0.717, 1.165) is 11.7 Å². The highest BCUT2D eigenvalue weighted by Gasteiger charge is 2.27. The highest BCUT2D eigenvalue weighted by Crippen LogP contribution is 2.37. The molecule has 2 atom stereocenters. The minimum absolute atomic E-state index is 0.434. The Balaban J connectivity index is 1.93. The molecule has 1 aliphatic rings. The Morgan fingerprint density at radius 2 is 1.95 bits per heavy atom. The van der Waals surface area contributed by atoms with Crippen molar-refractivity contribution in [3.05, 3.63) is 23.4 Å². The van der Waals surface area contributed by atoms with Crippen LogP contribution in [-0.2, 0) is 0 Å². The number of hydrogen-bond acceptors (Lipinski definition) is 2. The zero-order valence-electron chi connectivity index (χ0n) is 12.2. The smallest absolute Gasteiger partial charge is 0.131 e. The van der Waals surface area contributed by atoms with E-state index >= 15 is 0 Å². The van der Waals surface area contributed by atoms with Crippen molar-refractivity contribution >= 4 is 17.4 Å². The van der Waals surface area contributed by atoms with E-state index in [1.165, 1.54) is 32.1 Å². The van der Waals surface area contributed by atoms with Gasteiger partial charge in [0.05, 0.1) is 0 Å². The molecule has 1 aromatic rings. The van der Waals surface area contributed by atoms with Gasteiger partial charge in [-0.05, 0) is 49.1 Å². The molecule has 0 amide bonds. The number of anilines is 1. The predicted octanol–water partition coefficient (Wildman–Crippen LogP) is 5.14. The third kappa shape index (κ3) is 4.38. The van der Waals surface area contributed by atoms with Crippen LogP contribution in [0.2, 0.25) is 5.15 Å². The molecular formula is C16H25ClN2. The summed E-state index contributed by atoms with van der Waals surface area (Å²) < 4.78 is 0. The van der Waals surface area contributed by atoms with Crippen LogP contribution in [-0.4, -0.2) is 11.0 Å². The van der Waals surface area contributed by atoms with E-state index in [9.17, 15) is 0 Å². The Morgan fingerprint density at radius 1 is 1.16 bits per heavy atom. The molecule has 3 heteroatoms. The quantitative estimate of drug-likeness (QED) is 0.599. The largest absolute Gasteiger partial charge is 0.367 e. The second kappa shape index (κ2) is 6.13. The molecule has 2 rings (SSSR count). The van der Waals surface area contributed by atoms with Crippen molar-refractivity contribution in [1.82, 2.24) is 4.98 Å². The standard InChI is InChI=1S/C16H25ClN2/c1-16(2,3)12-6-4-7-13(11-10-12)18-15-9-5-8-14(17)19-15/h5,8-9,12-13H,4,6-7,10-11H2,1-3H3,(H,18,19). The lowest BCUT2D eigenvalue weighted by Crippen LogP contribution is -2.22. The van der Waals surface area contributed by atoms with E-state index in [2.05, 4.69) is 31.1 Å². The van der Waals surface area contributed by atoms with Gasteiger partial charge in [0.2, 0.25) is 0 Å². The summed E-state index contributed by atoms with van der Waals surface area (Å²) in [7, 11) is 0. The summed E-state index contributed by atoms with van der Waals surface area (Å²) >= 11 is 5.93. The van der Waals surface area contributed by atoms with Crippen molar-refractivity contribution in [2.75, 3.05) is 5.32 Å². The molecule has 1 aromatic heterocycles. The number of aromatic nitrogens is 1. The lowest BCUT2D eigenvalue weighted by Gasteiger charge is -2.29. The van der Waals surface area contributed by atoms with Crippen LogP contribution in [0.4, 0.5) is 5.82 Å². The molecule has 0 spiro atoms. The van der Waals surface area contributed by atoms with E-state index in [1.807, 2.05) is 18.2 Å². The summed E-state index contributed by atoms with van der Waals surface area (Å²) in [5.41, 5.74) is 0.434. The van der Waals surface area contributed by atoms with E-state index < -0.39 is 0 Å². The summed E-state index contributed by atoms with van der Waals surface area (Å²) in [6, 6.07) is 6.30. The van der Waals surface area contributed by atoms with Crippen LogP contribution >= 0.6 is 11.6 Å². The normalized spacial score (nSPS) is 24.8. The van der Waals surface area contributed by atoms with Crippen molar-refractivity contribution in [3.8, 4) is 0 Å². The average Bonchev–Trinajstić information content (AvgIpc) is 2.54. The van der Waals surface area contributed by atoms with Crippen molar-refractivity contribution in [1.29, 1.82) is 0 Å². The Morgan fingerprint density at radius 3 is 2.63 bits per heavy atom. The van der Waals surface area contributed by atoms with E-state index in [4.69, 9.17) is 11.6 Å². The van der Waals surface area contributed by atoms with Gasteiger partial charge in [0, 0.05) is 6.04 Å². The molecule has 1 N–H and O–H groups in total. The van der Waals surface area contributed by atoms with Gasteiger partial charge < -0.3 is 5.32 Å². The topological polar surface area (TPSA) is 24.9 Å². The minimum atomic E-state index is 0.434. The number of hydrogen-bond donors (Lipinski definition) is 1. The fourth-order valence-corrected chi connectivity index (χ4v) is 3.17. The van der Waals surface area contributed by atoms with Gasteiger partial charge in [-0.3, -0.25) is 0 Å². The number of rotatable bonds is 2. The predicted molar refractivity (Wildman–Crippen MR) is 82.7 cm³/mol. The van der Waals surface area contributed by atoms with Crippen molar-refractivity contribution in [2.24, 2.45) is 11.3 Å². The maximum absolute atomic E-state index is 5.93. The molecule has 0 saturated heterocycles. The molecule has 19 heavy (non-hydrogen) atoms. The molecule has 1 heterocycles. The molecule has 0 bridgehead atoms. The van der Waals surface area contributed by atoms with Crippen LogP contribution in [0.5, 0.6) is 0 Å². The molecule has 1 fully saturated rings. The lowest BCUT2D eigenvalue weighted by molar-refractivity contribution is 0.214. The first-order chi connectivity index (χ1) is 8.95. The number of halogens is 1. The summed E-state index contributed by atoms with van der Waals surface area (Å²) in [6.07, 6.45) is 6.43. The van der Waals surface area contributed by atoms with Crippen LogP contribution in [0.3, 0.4) is 0 Å². The van der Waals surface area contributed by atoms with Gasteiger partial charge in [-0.15, -0.1) is 0 Å². The second-order valence-electron chi connectivity index (χ2n) is 6.76. The van der Waals surface area contributed by atoms with E-state index in [0.29, 0.717) is 16.6 Å². The number of nitrogens with zero attached hydrogens (tertiary/aromatic N) is 1.